The van der Waals surface area contributed by atoms with Crippen LogP contribution in [0.5, 0.6) is 17.2 Å². The molecule has 3 aromatic rings. The second-order valence-corrected chi connectivity index (χ2v) is 10.3. The minimum absolute atomic E-state index is 0.0465. The summed E-state index contributed by atoms with van der Waals surface area (Å²) in [7, 11) is 3.17. The maximum atomic E-state index is 12.6. The number of amides is 2. The van der Waals surface area contributed by atoms with E-state index in [1.54, 1.807) is 14.2 Å². The van der Waals surface area contributed by atoms with Crippen LogP contribution in [-0.4, -0.2) is 43.8 Å². The van der Waals surface area contributed by atoms with E-state index in [0.717, 1.165) is 28.0 Å². The number of methoxy groups -OCH3 is 2. The Morgan fingerprint density at radius 1 is 1.05 bits per heavy atom. The summed E-state index contributed by atoms with van der Waals surface area (Å²) < 4.78 is 22.5. The minimum Gasteiger partial charge on any atom is -0.496 e. The Morgan fingerprint density at radius 2 is 1.77 bits per heavy atom. The number of aliphatic hydroxyl groups excluding tert-OH is 1. The van der Waals surface area contributed by atoms with Gasteiger partial charge in [-0.1, -0.05) is 24.3 Å². The maximum Gasteiger partial charge on any atom is 0.319 e. The molecule has 3 aromatic carbocycles. The van der Waals surface area contributed by atoms with Crippen molar-refractivity contribution in [3.05, 3.63) is 82.9 Å². The highest BCUT2D eigenvalue weighted by molar-refractivity contribution is 5.89. The summed E-state index contributed by atoms with van der Waals surface area (Å²) in [5.74, 6) is 1.45. The average molecular weight is 550 g/mol. The van der Waals surface area contributed by atoms with Crippen LogP contribution in [0.2, 0.25) is 0 Å². The van der Waals surface area contributed by atoms with Crippen LogP contribution in [0.1, 0.15) is 49.1 Å². The van der Waals surface area contributed by atoms with Gasteiger partial charge in [0.1, 0.15) is 17.2 Å². The molecule has 0 spiro atoms. The van der Waals surface area contributed by atoms with Crippen molar-refractivity contribution in [2.45, 2.75) is 58.2 Å². The molecule has 4 rings (SSSR count). The molecule has 40 heavy (non-hydrogen) atoms. The smallest absolute Gasteiger partial charge is 0.319 e. The molecule has 0 radical (unpaired) electrons. The quantitative estimate of drug-likeness (QED) is 0.269. The van der Waals surface area contributed by atoms with Crippen molar-refractivity contribution in [1.29, 1.82) is 0 Å². The van der Waals surface area contributed by atoms with Crippen LogP contribution in [-0.2, 0) is 24.3 Å². The van der Waals surface area contributed by atoms with Gasteiger partial charge in [0.05, 0.1) is 45.6 Å². The molecule has 0 bridgehead atoms. The average Bonchev–Trinajstić information content (AvgIpc) is 2.94. The number of fused-ring (bicyclic) bond motifs is 1. The lowest BCUT2D eigenvalue weighted by atomic mass is 10.0. The monoisotopic (exact) mass is 549 g/mol. The van der Waals surface area contributed by atoms with E-state index in [9.17, 15) is 9.90 Å². The number of rotatable bonds is 11. The third kappa shape index (κ3) is 7.44. The van der Waals surface area contributed by atoms with Crippen LogP contribution in [0, 0.1) is 0 Å². The number of ether oxygens (including phenoxy) is 4. The number of carbonyl (C=O) groups excluding carboxylic acids is 1. The highest BCUT2D eigenvalue weighted by Gasteiger charge is 2.28. The SMILES string of the molecule is COc1cccc(OC)c1CNC(=O)Nc1cccc(C[C@@H](C)NC(CO)c2ccc3c(c2)COC(C)(C)O3)c1. The van der Waals surface area contributed by atoms with E-state index < -0.39 is 5.79 Å². The first-order chi connectivity index (χ1) is 19.2. The van der Waals surface area contributed by atoms with Crippen molar-refractivity contribution in [2.24, 2.45) is 0 Å². The molecular formula is C31H39N3O6. The van der Waals surface area contributed by atoms with Crippen LogP contribution >= 0.6 is 0 Å². The zero-order valence-electron chi connectivity index (χ0n) is 23.7. The first-order valence-electron chi connectivity index (χ1n) is 13.4. The fourth-order valence-corrected chi connectivity index (χ4v) is 4.81. The van der Waals surface area contributed by atoms with E-state index in [0.29, 0.717) is 30.2 Å². The normalized spacial score (nSPS) is 15.2. The third-order valence-electron chi connectivity index (χ3n) is 6.77. The lowest BCUT2D eigenvalue weighted by Crippen LogP contribution is -2.36. The number of benzene rings is 3. The molecule has 0 saturated carbocycles. The van der Waals surface area contributed by atoms with Gasteiger partial charge in [0.15, 0.2) is 0 Å². The van der Waals surface area contributed by atoms with E-state index in [-0.39, 0.29) is 31.3 Å². The number of anilines is 1. The third-order valence-corrected chi connectivity index (χ3v) is 6.77. The molecule has 1 aliphatic rings. The molecule has 0 aromatic heterocycles. The largest absolute Gasteiger partial charge is 0.496 e. The van der Waals surface area contributed by atoms with Gasteiger partial charge in [0, 0.05) is 31.1 Å². The van der Waals surface area contributed by atoms with Gasteiger partial charge in [0.25, 0.3) is 0 Å². The first kappa shape index (κ1) is 29.2. The van der Waals surface area contributed by atoms with Crippen molar-refractivity contribution < 1.29 is 28.8 Å². The summed E-state index contributed by atoms with van der Waals surface area (Å²) in [4.78, 5) is 12.6. The molecule has 1 unspecified atom stereocenters. The fourth-order valence-electron chi connectivity index (χ4n) is 4.81. The molecule has 1 heterocycles. The standard InChI is InChI=1S/C31H39N3O6/c1-20(33-26(18-35)22-12-13-27-23(16-22)19-39-31(2,3)40-27)14-21-8-6-9-24(15-21)34-30(36)32-17-25-28(37-4)10-7-11-29(25)38-5/h6-13,15-16,20,26,33,35H,14,17-19H2,1-5H3,(H2,32,34,36)/t20-,26?/m1/s1. The second-order valence-electron chi connectivity index (χ2n) is 10.3. The van der Waals surface area contributed by atoms with E-state index in [1.807, 2.05) is 74.5 Å². The number of urea groups is 1. The summed E-state index contributed by atoms with van der Waals surface area (Å²) >= 11 is 0. The lowest BCUT2D eigenvalue weighted by Gasteiger charge is -2.33. The van der Waals surface area contributed by atoms with Crippen molar-refractivity contribution in [3.63, 3.8) is 0 Å². The van der Waals surface area contributed by atoms with Crippen LogP contribution in [0.4, 0.5) is 10.5 Å². The summed E-state index contributed by atoms with van der Waals surface area (Å²) in [5, 5.41) is 19.4. The Labute approximate surface area is 235 Å². The number of carbonyl (C=O) groups is 1. The minimum atomic E-state index is -0.648. The molecule has 214 valence electrons. The molecular weight excluding hydrogens is 510 g/mol. The van der Waals surface area contributed by atoms with Gasteiger partial charge in [-0.25, -0.2) is 4.79 Å². The van der Waals surface area contributed by atoms with Crippen molar-refractivity contribution in [2.75, 3.05) is 26.1 Å². The summed E-state index contributed by atoms with van der Waals surface area (Å²) in [6, 6.07) is 18.6. The Hall–Kier alpha value is -3.79. The van der Waals surface area contributed by atoms with Gasteiger partial charge in [0.2, 0.25) is 5.79 Å². The van der Waals surface area contributed by atoms with E-state index >= 15 is 0 Å². The van der Waals surface area contributed by atoms with Gasteiger partial charge in [-0.2, -0.15) is 0 Å². The van der Waals surface area contributed by atoms with Crippen molar-refractivity contribution >= 4 is 11.7 Å². The number of aliphatic hydroxyl groups is 1. The van der Waals surface area contributed by atoms with Crippen LogP contribution in [0.25, 0.3) is 0 Å². The van der Waals surface area contributed by atoms with Crippen molar-refractivity contribution in [3.8, 4) is 17.2 Å². The molecule has 0 aliphatic carbocycles. The Morgan fingerprint density at radius 3 is 2.48 bits per heavy atom. The van der Waals surface area contributed by atoms with Gasteiger partial charge >= 0.3 is 6.03 Å². The highest BCUT2D eigenvalue weighted by Crippen LogP contribution is 2.33. The van der Waals surface area contributed by atoms with Crippen LogP contribution < -0.4 is 30.2 Å². The number of hydrogen-bond acceptors (Lipinski definition) is 7. The summed E-state index contributed by atoms with van der Waals surface area (Å²) in [5.41, 5.74) is 4.43. The van der Waals surface area contributed by atoms with Gasteiger partial charge < -0.3 is 40.0 Å². The lowest BCUT2D eigenvalue weighted by molar-refractivity contribution is -0.180. The predicted molar refractivity (Wildman–Crippen MR) is 154 cm³/mol. The Bertz CT molecular complexity index is 1290. The van der Waals surface area contributed by atoms with Gasteiger partial charge in [-0.05, 0) is 60.9 Å². The molecule has 1 aliphatic heterocycles. The number of nitrogens with one attached hydrogen (secondary N) is 3. The highest BCUT2D eigenvalue weighted by atomic mass is 16.7. The van der Waals surface area contributed by atoms with Crippen molar-refractivity contribution in [1.82, 2.24) is 10.6 Å². The topological polar surface area (TPSA) is 110 Å². The fraction of sp³-hybridized carbons (Fsp3) is 0.387. The zero-order chi connectivity index (χ0) is 28.7. The second kappa shape index (κ2) is 13.0. The summed E-state index contributed by atoms with van der Waals surface area (Å²) in [6.45, 7) is 6.52. The molecule has 4 N–H and O–H groups in total. The first-order valence-corrected chi connectivity index (χ1v) is 13.4. The van der Waals surface area contributed by atoms with Crippen LogP contribution in [0.15, 0.2) is 60.7 Å². The zero-order valence-corrected chi connectivity index (χ0v) is 23.7. The molecule has 2 amide bonds. The predicted octanol–water partition coefficient (Wildman–Crippen LogP) is 4.92. The van der Waals surface area contributed by atoms with Crippen LogP contribution in [0.3, 0.4) is 0 Å². The maximum absolute atomic E-state index is 12.6. The molecule has 0 saturated heterocycles. The van der Waals surface area contributed by atoms with Gasteiger partial charge in [-0.15, -0.1) is 0 Å². The summed E-state index contributed by atoms with van der Waals surface area (Å²) in [6.07, 6.45) is 0.706. The molecule has 9 heteroatoms. The molecule has 9 nitrogen and oxygen atoms in total. The molecule has 2 atom stereocenters. The van der Waals surface area contributed by atoms with E-state index in [4.69, 9.17) is 18.9 Å². The number of hydrogen-bond donors (Lipinski definition) is 4. The van der Waals surface area contributed by atoms with E-state index in [2.05, 4.69) is 22.9 Å². The molecule has 0 fully saturated rings. The Kier molecular flexibility index (Phi) is 9.52. The van der Waals surface area contributed by atoms with Gasteiger partial charge in [-0.3, -0.25) is 0 Å². The van der Waals surface area contributed by atoms with E-state index in [1.165, 1.54) is 0 Å². The Balaban J connectivity index is 1.33.